The summed E-state index contributed by atoms with van der Waals surface area (Å²) in [6.07, 6.45) is 2.16. The largest absolute Gasteiger partial charge is 0.476 e. The van der Waals surface area contributed by atoms with Crippen LogP contribution in [0.1, 0.15) is 13.3 Å². The van der Waals surface area contributed by atoms with Crippen LogP contribution in [0.25, 0.3) is 0 Å². The molecule has 5 N–H and O–H groups in total. The van der Waals surface area contributed by atoms with Gasteiger partial charge in [-0.25, -0.2) is 4.98 Å². The van der Waals surface area contributed by atoms with Crippen LogP contribution < -0.4 is 15.8 Å². The number of nitrogens with one attached hydrogen (secondary N) is 1. The Morgan fingerprint density at radius 1 is 1.41 bits per heavy atom. The molecule has 0 unspecified atom stereocenters. The third kappa shape index (κ3) is 3.72. The van der Waals surface area contributed by atoms with Gasteiger partial charge >= 0.3 is 0 Å². The number of aromatic nitrogens is 2. The van der Waals surface area contributed by atoms with Crippen LogP contribution in [0.2, 0.25) is 0 Å². The molecular weight excluding hydrogens is 224 g/mol. The Bertz CT molecular complexity index is 344. The highest BCUT2D eigenvalue weighted by Gasteiger charge is 2.12. The Morgan fingerprint density at radius 2 is 2.12 bits per heavy atom. The van der Waals surface area contributed by atoms with E-state index in [9.17, 15) is 0 Å². The van der Waals surface area contributed by atoms with Crippen molar-refractivity contribution in [3.8, 4) is 5.88 Å². The van der Waals surface area contributed by atoms with E-state index in [0.717, 1.165) is 6.42 Å². The molecule has 0 bridgehead atoms. The van der Waals surface area contributed by atoms with E-state index < -0.39 is 6.04 Å². The van der Waals surface area contributed by atoms with Crippen LogP contribution in [0.15, 0.2) is 6.33 Å². The van der Waals surface area contributed by atoms with Crippen LogP contribution in [0, 0.1) is 0 Å². The molecule has 0 atom stereocenters. The normalized spacial score (nSPS) is 10.6. The molecule has 0 fully saturated rings. The zero-order chi connectivity index (χ0) is 12.7. The summed E-state index contributed by atoms with van der Waals surface area (Å²) in [5.74, 6) is 0.651. The van der Waals surface area contributed by atoms with E-state index >= 15 is 0 Å². The molecular formula is C10H18N4O3. The molecule has 0 spiro atoms. The van der Waals surface area contributed by atoms with Crippen LogP contribution >= 0.6 is 0 Å². The van der Waals surface area contributed by atoms with Crippen LogP contribution in [0.3, 0.4) is 0 Å². The Morgan fingerprint density at radius 3 is 2.71 bits per heavy atom. The average Bonchev–Trinajstić information content (AvgIpc) is 2.36. The Balaban J connectivity index is 2.78. The van der Waals surface area contributed by atoms with Crippen molar-refractivity contribution >= 4 is 11.5 Å². The zero-order valence-corrected chi connectivity index (χ0v) is 9.76. The van der Waals surface area contributed by atoms with Crippen LogP contribution in [0.4, 0.5) is 11.5 Å². The number of rotatable bonds is 7. The summed E-state index contributed by atoms with van der Waals surface area (Å²) in [6.45, 7) is 2.06. The summed E-state index contributed by atoms with van der Waals surface area (Å²) in [7, 11) is 0. The molecule has 0 radical (unpaired) electrons. The monoisotopic (exact) mass is 242 g/mol. The van der Waals surface area contributed by atoms with Gasteiger partial charge in [-0.2, -0.15) is 4.98 Å². The van der Waals surface area contributed by atoms with Crippen molar-refractivity contribution in [3.05, 3.63) is 6.33 Å². The van der Waals surface area contributed by atoms with Gasteiger partial charge in [0.1, 0.15) is 12.0 Å². The van der Waals surface area contributed by atoms with Gasteiger partial charge in [-0.15, -0.1) is 0 Å². The summed E-state index contributed by atoms with van der Waals surface area (Å²) < 4.78 is 5.33. The highest BCUT2D eigenvalue weighted by molar-refractivity contribution is 5.66. The van der Waals surface area contributed by atoms with Crippen molar-refractivity contribution in [3.63, 3.8) is 0 Å². The molecule has 0 aliphatic heterocycles. The van der Waals surface area contributed by atoms with Crippen LogP contribution in [-0.2, 0) is 0 Å². The minimum Gasteiger partial charge on any atom is -0.476 e. The first-order chi connectivity index (χ1) is 8.22. The molecule has 96 valence electrons. The maximum Gasteiger partial charge on any atom is 0.242 e. The maximum absolute atomic E-state index is 8.95. The lowest BCUT2D eigenvalue weighted by atomic mass is 10.3. The molecule has 1 heterocycles. The van der Waals surface area contributed by atoms with E-state index in [2.05, 4.69) is 15.3 Å². The van der Waals surface area contributed by atoms with Gasteiger partial charge in [0, 0.05) is 0 Å². The number of anilines is 2. The molecule has 7 heteroatoms. The molecule has 1 rings (SSSR count). The molecule has 1 aromatic heterocycles. The Hall–Kier alpha value is -1.60. The van der Waals surface area contributed by atoms with Gasteiger partial charge in [-0.1, -0.05) is 6.92 Å². The predicted octanol–water partition coefficient (Wildman–Crippen LogP) is -0.387. The number of aliphatic hydroxyl groups is 2. The predicted molar refractivity (Wildman–Crippen MR) is 63.8 cm³/mol. The number of nitrogens with zero attached hydrogens (tertiary/aromatic N) is 2. The molecule has 0 aliphatic rings. The summed E-state index contributed by atoms with van der Waals surface area (Å²) >= 11 is 0. The van der Waals surface area contributed by atoms with Gasteiger partial charge in [0.15, 0.2) is 5.82 Å². The van der Waals surface area contributed by atoms with Gasteiger partial charge in [0.2, 0.25) is 5.88 Å². The van der Waals surface area contributed by atoms with Crippen molar-refractivity contribution in [2.24, 2.45) is 0 Å². The summed E-state index contributed by atoms with van der Waals surface area (Å²) in [4.78, 5) is 7.85. The van der Waals surface area contributed by atoms with Crippen molar-refractivity contribution in [1.29, 1.82) is 0 Å². The number of nitrogens with two attached hydrogens (primary N) is 1. The van der Waals surface area contributed by atoms with E-state index in [1.165, 1.54) is 6.33 Å². The number of ether oxygens (including phenoxy) is 1. The first-order valence-electron chi connectivity index (χ1n) is 5.44. The third-order valence-electron chi connectivity index (χ3n) is 2.07. The van der Waals surface area contributed by atoms with Crippen molar-refractivity contribution < 1.29 is 14.9 Å². The van der Waals surface area contributed by atoms with E-state index in [0.29, 0.717) is 18.3 Å². The third-order valence-corrected chi connectivity index (χ3v) is 2.07. The highest BCUT2D eigenvalue weighted by Crippen LogP contribution is 2.24. The summed E-state index contributed by atoms with van der Waals surface area (Å²) in [5.41, 5.74) is 6.08. The van der Waals surface area contributed by atoms with Gasteiger partial charge in [-0.3, -0.25) is 0 Å². The van der Waals surface area contributed by atoms with Crippen LogP contribution in [-0.4, -0.2) is 46.0 Å². The van der Waals surface area contributed by atoms with E-state index in [1.807, 2.05) is 6.92 Å². The second-order valence-electron chi connectivity index (χ2n) is 3.50. The Labute approximate surface area is 99.7 Å². The molecule has 0 saturated carbocycles. The maximum atomic E-state index is 8.95. The molecule has 0 saturated heterocycles. The molecule has 17 heavy (non-hydrogen) atoms. The van der Waals surface area contributed by atoms with Gasteiger partial charge < -0.3 is 26.0 Å². The summed E-state index contributed by atoms with van der Waals surface area (Å²) in [5, 5.41) is 20.7. The van der Waals surface area contributed by atoms with E-state index in [4.69, 9.17) is 20.7 Å². The van der Waals surface area contributed by atoms with Crippen molar-refractivity contribution in [1.82, 2.24) is 9.97 Å². The number of hydrogen-bond donors (Lipinski definition) is 4. The smallest absolute Gasteiger partial charge is 0.242 e. The fourth-order valence-corrected chi connectivity index (χ4v) is 1.15. The number of aliphatic hydroxyl groups excluding tert-OH is 2. The fraction of sp³-hybridized carbons (Fsp3) is 0.600. The lowest BCUT2D eigenvalue weighted by Gasteiger charge is -2.16. The lowest BCUT2D eigenvalue weighted by molar-refractivity contribution is 0.203. The highest BCUT2D eigenvalue weighted by atomic mass is 16.5. The SMILES string of the molecule is CCCOc1ncnc(NC(CO)CO)c1N. The topological polar surface area (TPSA) is 114 Å². The first kappa shape index (κ1) is 13.5. The molecule has 0 aliphatic carbocycles. The zero-order valence-electron chi connectivity index (χ0n) is 9.76. The van der Waals surface area contributed by atoms with E-state index in [-0.39, 0.29) is 18.9 Å². The van der Waals surface area contributed by atoms with Crippen molar-refractivity contribution in [2.45, 2.75) is 19.4 Å². The molecule has 1 aromatic rings. The van der Waals surface area contributed by atoms with Gasteiger partial charge in [0.05, 0.1) is 25.9 Å². The average molecular weight is 242 g/mol. The lowest BCUT2D eigenvalue weighted by Crippen LogP contribution is -2.28. The van der Waals surface area contributed by atoms with E-state index in [1.54, 1.807) is 0 Å². The van der Waals surface area contributed by atoms with Crippen molar-refractivity contribution in [2.75, 3.05) is 30.9 Å². The van der Waals surface area contributed by atoms with Crippen LogP contribution in [0.5, 0.6) is 5.88 Å². The minimum absolute atomic E-state index is 0.217. The second kappa shape index (κ2) is 6.87. The molecule has 7 nitrogen and oxygen atoms in total. The number of nitrogen functional groups attached to an aromatic ring is 1. The quantitative estimate of drug-likeness (QED) is 0.515. The minimum atomic E-state index is -0.508. The Kier molecular flexibility index (Phi) is 5.44. The van der Waals surface area contributed by atoms with Gasteiger partial charge in [0.25, 0.3) is 0 Å². The first-order valence-corrected chi connectivity index (χ1v) is 5.44. The standard InChI is InChI=1S/C10H18N4O3/c1-2-3-17-10-8(11)9(12-6-13-10)14-7(4-15)5-16/h6-7,15-16H,2-5,11H2,1H3,(H,12,13,14). The number of hydrogen-bond acceptors (Lipinski definition) is 7. The summed E-state index contributed by atoms with van der Waals surface area (Å²) in [6, 6.07) is -0.508. The fourth-order valence-electron chi connectivity index (χ4n) is 1.15. The molecule has 0 amide bonds. The van der Waals surface area contributed by atoms with Gasteiger partial charge in [-0.05, 0) is 6.42 Å². The second-order valence-corrected chi connectivity index (χ2v) is 3.50. The molecule has 0 aromatic carbocycles.